The molecule has 1 amide bonds. The lowest BCUT2D eigenvalue weighted by atomic mass is 10.2. The first-order chi connectivity index (χ1) is 9.60. The minimum atomic E-state index is -0.0699. The van der Waals surface area contributed by atoms with E-state index < -0.39 is 0 Å². The molecule has 2 rings (SSSR count). The van der Waals surface area contributed by atoms with Crippen LogP contribution in [0.25, 0.3) is 0 Å². The van der Waals surface area contributed by atoms with Crippen LogP contribution in [0.2, 0.25) is 5.02 Å². The van der Waals surface area contributed by atoms with Gasteiger partial charge < -0.3 is 10.6 Å². The quantitative estimate of drug-likeness (QED) is 0.885. The zero-order valence-electron chi connectivity index (χ0n) is 11.3. The molecule has 0 bridgehead atoms. The number of rotatable bonds is 3. The van der Waals surface area contributed by atoms with E-state index in [9.17, 15) is 4.79 Å². The second-order valence-corrected chi connectivity index (χ2v) is 5.29. The molecule has 0 spiro atoms. The Bertz CT molecular complexity index is 540. The molecule has 0 saturated carbocycles. The summed E-state index contributed by atoms with van der Waals surface area (Å²) >= 11 is 5.94. The number of carbonyl (C=O) groups excluding carboxylic acids is 1. The van der Waals surface area contributed by atoms with Crippen LogP contribution in [0.3, 0.4) is 0 Å². The molecule has 0 aliphatic carbocycles. The first-order valence-electron chi connectivity index (χ1n) is 6.54. The van der Waals surface area contributed by atoms with Gasteiger partial charge in [-0.15, -0.1) is 0 Å². The van der Waals surface area contributed by atoms with Crippen molar-refractivity contribution in [1.82, 2.24) is 10.2 Å². The molecule has 2 N–H and O–H groups in total. The van der Waals surface area contributed by atoms with Crippen LogP contribution < -0.4 is 10.6 Å². The summed E-state index contributed by atoms with van der Waals surface area (Å²) in [7, 11) is 0. The molecule has 0 aromatic heterocycles. The van der Waals surface area contributed by atoms with Crippen molar-refractivity contribution in [2.75, 3.05) is 31.5 Å². The summed E-state index contributed by atoms with van der Waals surface area (Å²) in [5.74, 6) is -0.0699. The van der Waals surface area contributed by atoms with Crippen molar-refractivity contribution in [2.45, 2.75) is 13.0 Å². The zero-order chi connectivity index (χ0) is 14.5. The molecule has 5 nitrogen and oxygen atoms in total. The van der Waals surface area contributed by atoms with E-state index >= 15 is 0 Å². The molecular formula is C14H17ClN4O. The number of benzene rings is 1. The molecule has 1 aliphatic rings. The van der Waals surface area contributed by atoms with E-state index in [1.54, 1.807) is 18.2 Å². The van der Waals surface area contributed by atoms with Gasteiger partial charge in [-0.3, -0.25) is 9.69 Å². The number of nitriles is 1. The minimum Gasteiger partial charge on any atom is -0.325 e. The van der Waals surface area contributed by atoms with Crippen LogP contribution in [-0.2, 0) is 4.79 Å². The average molecular weight is 293 g/mol. The summed E-state index contributed by atoms with van der Waals surface area (Å²) in [6.07, 6.45) is 0. The van der Waals surface area contributed by atoms with Gasteiger partial charge in [0.1, 0.15) is 6.07 Å². The summed E-state index contributed by atoms with van der Waals surface area (Å²) in [6.45, 7) is 5.12. The number of nitrogens with one attached hydrogen (secondary N) is 2. The highest BCUT2D eigenvalue weighted by Gasteiger charge is 2.20. The number of anilines is 1. The highest BCUT2D eigenvalue weighted by Crippen LogP contribution is 2.20. The Balaban J connectivity index is 1.94. The summed E-state index contributed by atoms with van der Waals surface area (Å²) in [5.41, 5.74) is 1.02. The minimum absolute atomic E-state index is 0.0699. The van der Waals surface area contributed by atoms with Gasteiger partial charge in [-0.1, -0.05) is 11.6 Å². The highest BCUT2D eigenvalue weighted by molar-refractivity contribution is 6.32. The van der Waals surface area contributed by atoms with Crippen molar-refractivity contribution in [3.05, 3.63) is 28.8 Å². The van der Waals surface area contributed by atoms with Crippen LogP contribution in [0.1, 0.15) is 12.5 Å². The molecule has 1 saturated heterocycles. The molecule has 1 aromatic carbocycles. The van der Waals surface area contributed by atoms with Crippen molar-refractivity contribution in [2.24, 2.45) is 0 Å². The zero-order valence-corrected chi connectivity index (χ0v) is 12.1. The number of carbonyl (C=O) groups is 1. The lowest BCUT2D eigenvalue weighted by Crippen LogP contribution is -2.51. The first-order valence-corrected chi connectivity index (χ1v) is 6.92. The normalized spacial score (nSPS) is 19.4. The third-order valence-electron chi connectivity index (χ3n) is 3.36. The Labute approximate surface area is 123 Å². The Morgan fingerprint density at radius 2 is 2.45 bits per heavy atom. The van der Waals surface area contributed by atoms with Crippen molar-refractivity contribution in [3.8, 4) is 6.07 Å². The summed E-state index contributed by atoms with van der Waals surface area (Å²) in [5, 5.41) is 15.2. The molecule has 1 aliphatic heterocycles. The van der Waals surface area contributed by atoms with E-state index in [-0.39, 0.29) is 5.91 Å². The van der Waals surface area contributed by atoms with Gasteiger partial charge in [0.15, 0.2) is 0 Å². The lowest BCUT2D eigenvalue weighted by molar-refractivity contribution is -0.118. The maximum atomic E-state index is 12.0. The predicted octanol–water partition coefficient (Wildman–Crippen LogP) is 1.44. The van der Waals surface area contributed by atoms with Gasteiger partial charge in [-0.05, 0) is 25.1 Å². The van der Waals surface area contributed by atoms with Crippen LogP contribution in [-0.4, -0.2) is 43.0 Å². The summed E-state index contributed by atoms with van der Waals surface area (Å²) < 4.78 is 0. The largest absolute Gasteiger partial charge is 0.325 e. The fourth-order valence-corrected chi connectivity index (χ4v) is 2.41. The van der Waals surface area contributed by atoms with Crippen molar-refractivity contribution < 1.29 is 4.79 Å². The molecular weight excluding hydrogens is 276 g/mol. The standard InChI is InChI=1S/C14H17ClN4O/c1-10-8-17-4-5-19(10)9-14(20)18-12-3-2-11(7-16)13(15)6-12/h2-3,6,10,17H,4-5,8-9H2,1H3,(H,18,20). The van der Waals surface area contributed by atoms with Gasteiger partial charge in [-0.2, -0.15) is 5.26 Å². The number of hydrogen-bond acceptors (Lipinski definition) is 4. The second kappa shape index (κ2) is 6.71. The van der Waals surface area contributed by atoms with Gasteiger partial charge in [0, 0.05) is 31.4 Å². The van der Waals surface area contributed by atoms with Crippen LogP contribution >= 0.6 is 11.6 Å². The van der Waals surface area contributed by atoms with Gasteiger partial charge >= 0.3 is 0 Å². The molecule has 1 aromatic rings. The molecule has 1 heterocycles. The van der Waals surface area contributed by atoms with E-state index in [0.717, 1.165) is 19.6 Å². The topological polar surface area (TPSA) is 68.2 Å². The smallest absolute Gasteiger partial charge is 0.238 e. The maximum absolute atomic E-state index is 12.0. The number of piperazine rings is 1. The van der Waals surface area contributed by atoms with E-state index in [4.69, 9.17) is 16.9 Å². The maximum Gasteiger partial charge on any atom is 0.238 e. The number of halogens is 1. The van der Waals surface area contributed by atoms with Crippen LogP contribution in [0.15, 0.2) is 18.2 Å². The van der Waals surface area contributed by atoms with Crippen molar-refractivity contribution in [3.63, 3.8) is 0 Å². The van der Waals surface area contributed by atoms with Gasteiger partial charge in [0.25, 0.3) is 0 Å². The number of amides is 1. The first kappa shape index (κ1) is 14.8. The fraction of sp³-hybridized carbons (Fsp3) is 0.429. The Hall–Kier alpha value is -1.61. The van der Waals surface area contributed by atoms with Gasteiger partial charge in [-0.25, -0.2) is 0 Å². The molecule has 106 valence electrons. The summed E-state index contributed by atoms with van der Waals surface area (Å²) in [6, 6.07) is 7.22. The third kappa shape index (κ3) is 3.70. The molecule has 1 atom stereocenters. The number of nitrogens with zero attached hydrogens (tertiary/aromatic N) is 2. The van der Waals surface area contributed by atoms with E-state index in [2.05, 4.69) is 22.5 Å². The third-order valence-corrected chi connectivity index (χ3v) is 3.67. The average Bonchev–Trinajstić information content (AvgIpc) is 2.41. The van der Waals surface area contributed by atoms with Crippen molar-refractivity contribution >= 4 is 23.2 Å². The van der Waals surface area contributed by atoms with E-state index in [1.165, 1.54) is 0 Å². The van der Waals surface area contributed by atoms with Gasteiger partial charge in [0.2, 0.25) is 5.91 Å². The SMILES string of the molecule is CC1CNCCN1CC(=O)Nc1ccc(C#N)c(Cl)c1. The molecule has 1 fully saturated rings. The summed E-state index contributed by atoms with van der Waals surface area (Å²) in [4.78, 5) is 14.1. The van der Waals surface area contributed by atoms with Crippen molar-refractivity contribution in [1.29, 1.82) is 5.26 Å². The lowest BCUT2D eigenvalue weighted by Gasteiger charge is -2.33. The van der Waals surface area contributed by atoms with Crippen LogP contribution in [0.4, 0.5) is 5.69 Å². The molecule has 1 unspecified atom stereocenters. The Morgan fingerprint density at radius 3 is 3.10 bits per heavy atom. The Morgan fingerprint density at radius 1 is 1.65 bits per heavy atom. The molecule has 20 heavy (non-hydrogen) atoms. The van der Waals surface area contributed by atoms with Crippen LogP contribution in [0, 0.1) is 11.3 Å². The Kier molecular flexibility index (Phi) is 4.96. The van der Waals surface area contributed by atoms with E-state index in [1.807, 2.05) is 6.07 Å². The highest BCUT2D eigenvalue weighted by atomic mass is 35.5. The number of hydrogen-bond donors (Lipinski definition) is 2. The monoisotopic (exact) mass is 292 g/mol. The second-order valence-electron chi connectivity index (χ2n) is 4.88. The predicted molar refractivity (Wildman–Crippen MR) is 78.7 cm³/mol. The van der Waals surface area contributed by atoms with Gasteiger partial charge in [0.05, 0.1) is 17.1 Å². The molecule has 6 heteroatoms. The fourth-order valence-electron chi connectivity index (χ4n) is 2.19. The van der Waals surface area contributed by atoms with E-state index in [0.29, 0.717) is 28.9 Å². The van der Waals surface area contributed by atoms with Crippen LogP contribution in [0.5, 0.6) is 0 Å². The molecule has 0 radical (unpaired) electrons.